The molecule has 9 aromatic rings. The second-order valence-corrected chi connectivity index (χ2v) is 18.2. The van der Waals surface area contributed by atoms with E-state index in [-0.39, 0.29) is 48.5 Å². The van der Waals surface area contributed by atoms with Gasteiger partial charge < -0.3 is 18.9 Å². The van der Waals surface area contributed by atoms with Gasteiger partial charge in [0.05, 0.1) is 22.3 Å². The molecule has 0 aliphatic heterocycles. The first kappa shape index (κ1) is 60.2. The predicted octanol–water partition coefficient (Wildman–Crippen LogP) is 20.1. The fourth-order valence-electron chi connectivity index (χ4n) is 8.83. The highest BCUT2D eigenvalue weighted by atomic mass is 19.4. The molecule has 0 fully saturated rings. The summed E-state index contributed by atoms with van der Waals surface area (Å²) in [6.45, 7) is 3.36. The van der Waals surface area contributed by atoms with E-state index in [0.29, 0.717) is 16.7 Å². The number of hydrogen-bond donors (Lipinski definition) is 0. The van der Waals surface area contributed by atoms with Gasteiger partial charge in [0, 0.05) is 0 Å². The summed E-state index contributed by atoms with van der Waals surface area (Å²) >= 11 is 0. The number of halogens is 22. The molecule has 0 saturated heterocycles. The van der Waals surface area contributed by atoms with E-state index in [0.717, 1.165) is 29.8 Å². The fraction of sp³-hybridized carbons (Fsp3) is 0.0847. The zero-order chi connectivity index (χ0) is 62.1. The highest BCUT2D eigenvalue weighted by Gasteiger charge is 2.72. The lowest BCUT2D eigenvalue weighted by Crippen LogP contribution is -2.54. The van der Waals surface area contributed by atoms with Crippen molar-refractivity contribution in [1.82, 2.24) is 0 Å². The Morgan fingerprint density at radius 1 is 0.259 bits per heavy atom. The summed E-state index contributed by atoms with van der Waals surface area (Å²) < 4.78 is 356. The molecule has 0 atom stereocenters. The lowest BCUT2D eigenvalue weighted by atomic mass is 9.73. The molecule has 4 nitrogen and oxygen atoms in total. The summed E-state index contributed by atoms with van der Waals surface area (Å²) in [4.78, 5) is 0. The van der Waals surface area contributed by atoms with Gasteiger partial charge in [-0.3, -0.25) is 0 Å². The van der Waals surface area contributed by atoms with Gasteiger partial charge in [-0.1, -0.05) is 83.9 Å². The van der Waals surface area contributed by atoms with Gasteiger partial charge in [-0.25, -0.2) is 35.1 Å². The van der Waals surface area contributed by atoms with Crippen LogP contribution in [0.15, 0.2) is 121 Å². The van der Waals surface area contributed by atoms with E-state index < -0.39 is 190 Å². The van der Waals surface area contributed by atoms with Gasteiger partial charge in [0.15, 0.2) is 46.5 Å². The Kier molecular flexibility index (Phi) is 15.8. The van der Waals surface area contributed by atoms with Crippen molar-refractivity contribution >= 4 is 0 Å². The largest absolute Gasteiger partial charge is 0.451 e. The third-order valence-electron chi connectivity index (χ3n) is 12.9. The van der Waals surface area contributed by atoms with Gasteiger partial charge in [0.25, 0.3) is 0 Å². The molecule has 85 heavy (non-hydrogen) atoms. The number of alkyl halides is 6. The van der Waals surface area contributed by atoms with Crippen LogP contribution in [0.3, 0.4) is 0 Å². The third-order valence-corrected chi connectivity index (χ3v) is 12.9. The third kappa shape index (κ3) is 10.4. The molecule has 9 rings (SSSR count). The smallest absolute Gasteiger partial charge is 0.411 e. The average molecular weight is 1220 g/mol. The van der Waals surface area contributed by atoms with Crippen LogP contribution >= 0.6 is 0 Å². The van der Waals surface area contributed by atoms with E-state index in [1.165, 1.54) is 24.3 Å². The van der Waals surface area contributed by atoms with E-state index in [9.17, 15) is 0 Å². The molecule has 9 aromatic carbocycles. The standard InChI is InChI=1S/C59H26F22O4/c1-23-6-14-29(15-7-23)82-53-45(68)37(60)33(38(61)46(53)69)35-41(64)49(72)55(50(73)42(35)65)84-31-18-10-27(11-19-31)57(58(76,77)78,59(79,80)81)28-12-20-32(21-13-28)85-56-51(74)43(66)36(44(67)52(56)75)34-39(62)47(70)54(48(71)40(34)63)83-30-16-8-25(9-17-30)26-5-3-4-24(2)22-26/h3-22H,1-2H3. The maximum Gasteiger partial charge on any atom is 0.411 e. The van der Waals surface area contributed by atoms with Crippen LogP contribution < -0.4 is 18.9 Å². The second-order valence-electron chi connectivity index (χ2n) is 18.2. The molecule has 0 heterocycles. The topological polar surface area (TPSA) is 36.9 Å². The first-order chi connectivity index (χ1) is 39.9. The first-order valence-corrected chi connectivity index (χ1v) is 23.6. The maximum absolute atomic E-state index is 15.6. The first-order valence-electron chi connectivity index (χ1n) is 23.6. The summed E-state index contributed by atoms with van der Waals surface area (Å²) in [7, 11) is 0. The van der Waals surface area contributed by atoms with Crippen molar-refractivity contribution < 1.29 is 116 Å². The van der Waals surface area contributed by atoms with Crippen molar-refractivity contribution in [1.29, 1.82) is 0 Å². The highest BCUT2D eigenvalue weighted by Crippen LogP contribution is 2.57. The second kappa shape index (κ2) is 22.3. The summed E-state index contributed by atoms with van der Waals surface area (Å²) in [5, 5.41) is 0. The quantitative estimate of drug-likeness (QED) is 0.0852. The monoisotopic (exact) mass is 1220 g/mol. The van der Waals surface area contributed by atoms with Gasteiger partial charge >= 0.3 is 12.4 Å². The van der Waals surface area contributed by atoms with Crippen LogP contribution in [0.25, 0.3) is 33.4 Å². The van der Waals surface area contributed by atoms with Crippen LogP contribution in [0.1, 0.15) is 22.3 Å². The SMILES string of the molecule is Cc1ccc(Oc2c(F)c(F)c(-c3c(F)c(F)c(Oc4ccc(C(c5ccc(Oc6c(F)c(F)c(-c7c(F)c(F)c(Oc8ccc(-c9cccc(C)c9)cc8)c(F)c7F)c(F)c6F)cc5)(C(F)(F)F)C(F)(F)F)cc4)c(F)c3F)c(F)c2F)cc1. The zero-order valence-corrected chi connectivity index (χ0v) is 42.0. The molecular formula is C59H26F22O4. The Morgan fingerprint density at radius 2 is 0.506 bits per heavy atom. The molecule has 0 radical (unpaired) electrons. The summed E-state index contributed by atoms with van der Waals surface area (Å²) in [5.41, 5.74) is -15.7. The van der Waals surface area contributed by atoms with Crippen molar-refractivity contribution in [2.75, 3.05) is 0 Å². The number of ether oxygens (including phenoxy) is 4. The average Bonchev–Trinajstić information content (AvgIpc) is 1.16. The lowest BCUT2D eigenvalue weighted by molar-refractivity contribution is -0.288. The molecular weight excluding hydrogens is 1190 g/mol. The molecule has 0 spiro atoms. The van der Waals surface area contributed by atoms with Gasteiger partial charge in [-0.15, -0.1) is 0 Å². The zero-order valence-electron chi connectivity index (χ0n) is 42.0. The van der Waals surface area contributed by atoms with Crippen molar-refractivity contribution in [3.8, 4) is 79.4 Å². The van der Waals surface area contributed by atoms with E-state index in [1.807, 2.05) is 0 Å². The molecule has 0 amide bonds. The predicted molar refractivity (Wildman–Crippen MR) is 257 cm³/mol. The number of aryl methyl sites for hydroxylation is 2. The number of hydrogen-bond acceptors (Lipinski definition) is 4. The fourth-order valence-corrected chi connectivity index (χ4v) is 8.83. The van der Waals surface area contributed by atoms with Crippen molar-refractivity contribution in [3.63, 3.8) is 0 Å². The van der Waals surface area contributed by atoms with Crippen LogP contribution in [0, 0.1) is 107 Å². The molecule has 0 aliphatic carbocycles. The van der Waals surface area contributed by atoms with E-state index in [2.05, 4.69) is 4.74 Å². The molecule has 0 saturated carbocycles. The Bertz CT molecular complexity index is 3980. The van der Waals surface area contributed by atoms with E-state index in [4.69, 9.17) is 14.2 Å². The molecule has 26 heteroatoms. The Hall–Kier alpha value is -9.36. The van der Waals surface area contributed by atoms with Gasteiger partial charge in [0.1, 0.15) is 23.0 Å². The Balaban J connectivity index is 0.991. The van der Waals surface area contributed by atoms with Gasteiger partial charge in [0.2, 0.25) is 75.0 Å². The number of rotatable bonds is 13. The summed E-state index contributed by atoms with van der Waals surface area (Å²) in [5.74, 6) is -53.7. The van der Waals surface area contributed by atoms with Crippen LogP contribution in [-0.4, -0.2) is 12.4 Å². The van der Waals surface area contributed by atoms with Crippen LogP contribution in [0.2, 0.25) is 0 Å². The Morgan fingerprint density at radius 3 is 0.753 bits per heavy atom. The highest BCUT2D eigenvalue weighted by molar-refractivity contribution is 5.72. The summed E-state index contributed by atoms with van der Waals surface area (Å²) in [6.07, 6.45) is -13.0. The van der Waals surface area contributed by atoms with Crippen LogP contribution in [0.4, 0.5) is 96.6 Å². The van der Waals surface area contributed by atoms with Gasteiger partial charge in [-0.2, -0.15) is 61.5 Å². The van der Waals surface area contributed by atoms with Crippen molar-refractivity contribution in [3.05, 3.63) is 237 Å². The van der Waals surface area contributed by atoms with Crippen LogP contribution in [0.5, 0.6) is 46.0 Å². The minimum atomic E-state index is -6.48. The van der Waals surface area contributed by atoms with Crippen molar-refractivity contribution in [2.24, 2.45) is 0 Å². The maximum atomic E-state index is 15.6. The van der Waals surface area contributed by atoms with Crippen molar-refractivity contribution in [2.45, 2.75) is 31.6 Å². The molecule has 0 N–H and O–H groups in total. The molecule has 440 valence electrons. The van der Waals surface area contributed by atoms with E-state index in [1.54, 1.807) is 38.1 Å². The molecule has 0 bridgehead atoms. The lowest BCUT2D eigenvalue weighted by Gasteiger charge is -2.38. The molecule has 0 aliphatic rings. The molecule has 0 unspecified atom stereocenters. The summed E-state index contributed by atoms with van der Waals surface area (Å²) in [6, 6.07) is 17.2. The normalized spacial score (nSPS) is 12.0. The van der Waals surface area contributed by atoms with Gasteiger partial charge in [-0.05, 0) is 84.6 Å². The minimum Gasteiger partial charge on any atom is -0.451 e. The molecule has 0 aromatic heterocycles. The Labute approximate surface area is 462 Å². The minimum absolute atomic E-state index is 0.0398. The van der Waals surface area contributed by atoms with Crippen LogP contribution in [-0.2, 0) is 5.41 Å². The number of benzene rings is 9. The van der Waals surface area contributed by atoms with E-state index >= 15 is 96.6 Å².